The van der Waals surface area contributed by atoms with Crippen LogP contribution in [0.15, 0.2) is 53.4 Å². The summed E-state index contributed by atoms with van der Waals surface area (Å²) >= 11 is 0. The Labute approximate surface area is 211 Å². The molecule has 0 saturated carbocycles. The van der Waals surface area contributed by atoms with Gasteiger partial charge in [-0.25, -0.2) is 4.98 Å². The van der Waals surface area contributed by atoms with Crippen molar-refractivity contribution >= 4 is 5.91 Å². The van der Waals surface area contributed by atoms with Crippen LogP contribution in [0.4, 0.5) is 0 Å². The Morgan fingerprint density at radius 2 is 1.92 bits per heavy atom. The molecule has 1 aliphatic rings. The molecule has 0 bridgehead atoms. The Morgan fingerprint density at radius 3 is 2.67 bits per heavy atom. The molecule has 1 N–H and O–H groups in total. The highest BCUT2D eigenvalue weighted by Crippen LogP contribution is 2.26. The number of aromatic nitrogens is 2. The minimum absolute atomic E-state index is 0.256. The first-order valence-electron chi connectivity index (χ1n) is 12.0. The van der Waals surface area contributed by atoms with Gasteiger partial charge in [-0.2, -0.15) is 0 Å². The number of rotatable bonds is 12. The molecule has 0 radical (unpaired) electrons. The van der Waals surface area contributed by atoms with Crippen LogP contribution in [-0.2, 0) is 24.4 Å². The van der Waals surface area contributed by atoms with Crippen LogP contribution in [0.3, 0.4) is 0 Å². The third kappa shape index (κ3) is 7.27. The highest BCUT2D eigenvalue weighted by atomic mass is 16.5. The molecule has 0 atom stereocenters. The summed E-state index contributed by atoms with van der Waals surface area (Å²) in [5.74, 6) is 1.75. The van der Waals surface area contributed by atoms with Crippen LogP contribution in [0, 0.1) is 0 Å². The van der Waals surface area contributed by atoms with Gasteiger partial charge in [0, 0.05) is 57.2 Å². The van der Waals surface area contributed by atoms with E-state index in [4.69, 9.17) is 18.6 Å². The third-order valence-corrected chi connectivity index (χ3v) is 6.06. The van der Waals surface area contributed by atoms with Crippen LogP contribution >= 0.6 is 0 Å². The maximum absolute atomic E-state index is 12.6. The normalized spacial score (nSPS) is 14.1. The SMILES string of the molecule is COc1ccc(OC)c(CN(CCN2CCOCC2)Cc2nc(C(=O)NCc3ccncc3)co2)c1. The van der Waals surface area contributed by atoms with Crippen LogP contribution in [0.1, 0.15) is 27.5 Å². The summed E-state index contributed by atoms with van der Waals surface area (Å²) < 4.78 is 22.2. The lowest BCUT2D eigenvalue weighted by Crippen LogP contribution is -2.41. The predicted octanol–water partition coefficient (Wildman–Crippen LogP) is 2.35. The van der Waals surface area contributed by atoms with Gasteiger partial charge >= 0.3 is 0 Å². The number of hydrogen-bond acceptors (Lipinski definition) is 9. The van der Waals surface area contributed by atoms with E-state index in [2.05, 4.69) is 25.1 Å². The number of hydrogen-bond donors (Lipinski definition) is 1. The van der Waals surface area contributed by atoms with E-state index in [0.717, 1.165) is 62.0 Å². The second-order valence-corrected chi connectivity index (χ2v) is 8.51. The quantitative estimate of drug-likeness (QED) is 0.406. The van der Waals surface area contributed by atoms with E-state index in [9.17, 15) is 4.79 Å². The summed E-state index contributed by atoms with van der Waals surface area (Å²) in [6.45, 7) is 6.45. The number of benzene rings is 1. The fourth-order valence-corrected chi connectivity index (χ4v) is 4.02. The monoisotopic (exact) mass is 495 g/mol. The lowest BCUT2D eigenvalue weighted by Gasteiger charge is -2.30. The van der Waals surface area contributed by atoms with E-state index >= 15 is 0 Å². The van der Waals surface area contributed by atoms with E-state index in [1.165, 1.54) is 6.26 Å². The Kier molecular flexibility index (Phi) is 9.26. The summed E-state index contributed by atoms with van der Waals surface area (Å²) in [4.78, 5) is 25.6. The molecule has 0 unspecified atom stereocenters. The van der Waals surface area contributed by atoms with Gasteiger partial charge in [-0.3, -0.25) is 19.6 Å². The summed E-state index contributed by atoms with van der Waals surface area (Å²) in [7, 11) is 3.31. The van der Waals surface area contributed by atoms with Crippen molar-refractivity contribution in [3.8, 4) is 11.5 Å². The van der Waals surface area contributed by atoms with Gasteiger partial charge in [-0.1, -0.05) is 0 Å². The molecule has 4 rings (SSSR count). The highest BCUT2D eigenvalue weighted by Gasteiger charge is 2.19. The first-order valence-corrected chi connectivity index (χ1v) is 12.0. The number of carbonyl (C=O) groups is 1. The van der Waals surface area contributed by atoms with Gasteiger partial charge in [0.2, 0.25) is 5.89 Å². The lowest BCUT2D eigenvalue weighted by atomic mass is 10.1. The van der Waals surface area contributed by atoms with Gasteiger partial charge < -0.3 is 23.9 Å². The van der Waals surface area contributed by atoms with Crippen molar-refractivity contribution < 1.29 is 23.4 Å². The predicted molar refractivity (Wildman–Crippen MR) is 133 cm³/mol. The minimum atomic E-state index is -0.281. The topological polar surface area (TPSA) is 102 Å². The van der Waals surface area contributed by atoms with E-state index < -0.39 is 0 Å². The van der Waals surface area contributed by atoms with Crippen molar-refractivity contribution in [1.82, 2.24) is 25.1 Å². The van der Waals surface area contributed by atoms with Gasteiger partial charge in [0.25, 0.3) is 5.91 Å². The molecular formula is C26H33N5O5. The fraction of sp³-hybridized carbons (Fsp3) is 0.423. The maximum Gasteiger partial charge on any atom is 0.273 e. The van der Waals surface area contributed by atoms with Gasteiger partial charge in [0.05, 0.1) is 34.0 Å². The Balaban J connectivity index is 1.43. The number of nitrogens with zero attached hydrogens (tertiary/aromatic N) is 4. The summed E-state index contributed by atoms with van der Waals surface area (Å²) in [5.41, 5.74) is 2.22. The number of morpholine rings is 1. The van der Waals surface area contributed by atoms with Gasteiger partial charge in [0.15, 0.2) is 5.69 Å². The number of ether oxygens (including phenoxy) is 3. The van der Waals surface area contributed by atoms with E-state index in [0.29, 0.717) is 25.5 Å². The zero-order valence-corrected chi connectivity index (χ0v) is 20.8. The van der Waals surface area contributed by atoms with Crippen LogP contribution in [0.25, 0.3) is 0 Å². The maximum atomic E-state index is 12.6. The largest absolute Gasteiger partial charge is 0.497 e. The van der Waals surface area contributed by atoms with E-state index in [-0.39, 0.29) is 11.6 Å². The first kappa shape index (κ1) is 25.6. The summed E-state index contributed by atoms with van der Waals surface area (Å²) in [6, 6.07) is 9.48. The molecule has 3 aromatic rings. The number of nitrogens with one attached hydrogen (secondary N) is 1. The standard InChI is InChI=1S/C26H33N5O5/c1-33-22-3-4-24(34-2)21(15-22)17-31(10-9-30-11-13-35-14-12-30)18-25-29-23(19-36-25)26(32)28-16-20-5-7-27-8-6-20/h3-8,15,19H,9-14,16-18H2,1-2H3,(H,28,32). The molecule has 1 fully saturated rings. The van der Waals surface area contributed by atoms with Crippen molar-refractivity contribution in [1.29, 1.82) is 0 Å². The van der Waals surface area contributed by atoms with Crippen molar-refractivity contribution in [3.63, 3.8) is 0 Å². The molecule has 0 spiro atoms. The van der Waals surface area contributed by atoms with Gasteiger partial charge in [-0.15, -0.1) is 0 Å². The number of amides is 1. The zero-order valence-electron chi connectivity index (χ0n) is 20.8. The van der Waals surface area contributed by atoms with Gasteiger partial charge in [0.1, 0.15) is 17.8 Å². The van der Waals surface area contributed by atoms with Crippen molar-refractivity contribution in [2.75, 3.05) is 53.6 Å². The van der Waals surface area contributed by atoms with Crippen molar-refractivity contribution in [2.24, 2.45) is 0 Å². The van der Waals surface area contributed by atoms with Crippen LogP contribution in [-0.4, -0.2) is 79.3 Å². The van der Waals surface area contributed by atoms with E-state index in [1.807, 2.05) is 30.3 Å². The number of methoxy groups -OCH3 is 2. The van der Waals surface area contributed by atoms with Gasteiger partial charge in [-0.05, 0) is 35.9 Å². The highest BCUT2D eigenvalue weighted by molar-refractivity contribution is 5.91. The smallest absolute Gasteiger partial charge is 0.273 e. The molecule has 2 aromatic heterocycles. The first-order chi connectivity index (χ1) is 17.6. The molecule has 10 heteroatoms. The zero-order chi connectivity index (χ0) is 25.2. The Morgan fingerprint density at radius 1 is 1.11 bits per heavy atom. The van der Waals surface area contributed by atoms with Crippen molar-refractivity contribution in [3.05, 3.63) is 71.7 Å². The second-order valence-electron chi connectivity index (χ2n) is 8.51. The molecule has 10 nitrogen and oxygen atoms in total. The van der Waals surface area contributed by atoms with Crippen LogP contribution in [0.5, 0.6) is 11.5 Å². The van der Waals surface area contributed by atoms with Crippen LogP contribution < -0.4 is 14.8 Å². The molecule has 1 aliphatic heterocycles. The second kappa shape index (κ2) is 13.0. The number of pyridine rings is 1. The minimum Gasteiger partial charge on any atom is -0.497 e. The Bertz CT molecular complexity index is 1100. The summed E-state index contributed by atoms with van der Waals surface area (Å²) in [5, 5.41) is 2.87. The fourth-order valence-electron chi connectivity index (χ4n) is 4.02. The molecule has 3 heterocycles. The Hall–Kier alpha value is -3.47. The molecule has 1 aromatic carbocycles. The summed E-state index contributed by atoms with van der Waals surface area (Å²) in [6.07, 6.45) is 4.79. The molecule has 1 amide bonds. The lowest BCUT2D eigenvalue weighted by molar-refractivity contribution is 0.0320. The number of oxazole rings is 1. The third-order valence-electron chi connectivity index (χ3n) is 6.06. The molecule has 36 heavy (non-hydrogen) atoms. The average Bonchev–Trinajstić information content (AvgIpc) is 3.40. The van der Waals surface area contributed by atoms with Crippen molar-refractivity contribution in [2.45, 2.75) is 19.6 Å². The molecule has 1 saturated heterocycles. The van der Waals surface area contributed by atoms with Crippen LogP contribution in [0.2, 0.25) is 0 Å². The molecule has 192 valence electrons. The molecule has 0 aliphatic carbocycles. The molecular weight excluding hydrogens is 462 g/mol. The average molecular weight is 496 g/mol. The number of carbonyl (C=O) groups excluding carboxylic acids is 1. The van der Waals surface area contributed by atoms with E-state index in [1.54, 1.807) is 26.6 Å².